The number of hydrogen-bond donors (Lipinski definition) is 1. The van der Waals surface area contributed by atoms with Crippen LogP contribution >= 0.6 is 0 Å². The number of nitrogens with zero attached hydrogens (tertiary/aromatic N) is 1. The topological polar surface area (TPSA) is 33.7 Å². The maximum atomic E-state index is 5.09. The normalized spacial score (nSPS) is 13.5. The van der Waals surface area contributed by atoms with Crippen LogP contribution < -0.4 is 5.32 Å². The van der Waals surface area contributed by atoms with Crippen molar-refractivity contribution in [1.82, 2.24) is 10.2 Å². The van der Waals surface area contributed by atoms with Gasteiger partial charge in [-0.2, -0.15) is 0 Å². The Hall–Kier alpha value is -0.160. The molecule has 0 heterocycles. The molecule has 4 nitrogen and oxygen atoms in total. The van der Waals surface area contributed by atoms with E-state index in [4.69, 9.17) is 9.47 Å². The quantitative estimate of drug-likeness (QED) is 0.544. The number of hydrogen-bond acceptors (Lipinski definition) is 4. The fourth-order valence-electron chi connectivity index (χ4n) is 1.14. The highest BCUT2D eigenvalue weighted by Gasteiger charge is 2.06. The van der Waals surface area contributed by atoms with Crippen LogP contribution in [-0.2, 0) is 9.47 Å². The Morgan fingerprint density at radius 3 is 2.50 bits per heavy atom. The van der Waals surface area contributed by atoms with Gasteiger partial charge in [-0.15, -0.1) is 0 Å². The smallest absolute Gasteiger partial charge is 0.0615 e. The SMILES string of the molecule is COCCNCCN(C)C(C)COC. The molecule has 0 aromatic carbocycles. The average molecular weight is 204 g/mol. The van der Waals surface area contributed by atoms with Crippen molar-refractivity contribution < 1.29 is 9.47 Å². The maximum absolute atomic E-state index is 5.09. The predicted molar refractivity (Wildman–Crippen MR) is 58.7 cm³/mol. The lowest BCUT2D eigenvalue weighted by Crippen LogP contribution is -2.38. The minimum absolute atomic E-state index is 0.476. The first kappa shape index (κ1) is 13.8. The van der Waals surface area contributed by atoms with Gasteiger partial charge in [-0.1, -0.05) is 0 Å². The van der Waals surface area contributed by atoms with Gasteiger partial charge in [0.15, 0.2) is 0 Å². The lowest BCUT2D eigenvalue weighted by atomic mass is 10.3. The van der Waals surface area contributed by atoms with E-state index in [1.807, 2.05) is 0 Å². The van der Waals surface area contributed by atoms with Crippen molar-refractivity contribution in [2.45, 2.75) is 13.0 Å². The highest BCUT2D eigenvalue weighted by molar-refractivity contribution is 4.63. The third-order valence-corrected chi connectivity index (χ3v) is 2.28. The van der Waals surface area contributed by atoms with Crippen LogP contribution in [0.25, 0.3) is 0 Å². The Labute approximate surface area is 87.6 Å². The predicted octanol–water partition coefficient (Wildman–Crippen LogP) is 0.189. The molecule has 86 valence electrons. The van der Waals surface area contributed by atoms with E-state index < -0.39 is 0 Å². The molecule has 0 radical (unpaired) electrons. The zero-order valence-corrected chi connectivity index (χ0v) is 9.88. The molecule has 0 bridgehead atoms. The van der Waals surface area contributed by atoms with Crippen LogP contribution in [0.3, 0.4) is 0 Å². The van der Waals surface area contributed by atoms with E-state index in [2.05, 4.69) is 24.2 Å². The molecule has 0 saturated heterocycles. The highest BCUT2D eigenvalue weighted by atomic mass is 16.5. The van der Waals surface area contributed by atoms with Crippen LogP contribution in [0.4, 0.5) is 0 Å². The van der Waals surface area contributed by atoms with E-state index in [-0.39, 0.29) is 0 Å². The van der Waals surface area contributed by atoms with Gasteiger partial charge >= 0.3 is 0 Å². The molecule has 0 saturated carbocycles. The largest absolute Gasteiger partial charge is 0.383 e. The Kier molecular flexibility index (Phi) is 9.29. The Morgan fingerprint density at radius 2 is 1.93 bits per heavy atom. The maximum Gasteiger partial charge on any atom is 0.0615 e. The second-order valence-corrected chi connectivity index (χ2v) is 3.53. The summed E-state index contributed by atoms with van der Waals surface area (Å²) in [4.78, 5) is 2.28. The van der Waals surface area contributed by atoms with Crippen molar-refractivity contribution in [2.24, 2.45) is 0 Å². The molecule has 0 aliphatic rings. The summed E-state index contributed by atoms with van der Waals surface area (Å²) < 4.78 is 10.0. The Bertz CT molecular complexity index is 123. The van der Waals surface area contributed by atoms with E-state index in [9.17, 15) is 0 Å². The van der Waals surface area contributed by atoms with Crippen molar-refractivity contribution in [3.8, 4) is 0 Å². The number of likely N-dealkylation sites (N-methyl/N-ethyl adjacent to an activating group) is 1. The molecule has 1 unspecified atom stereocenters. The van der Waals surface area contributed by atoms with Gasteiger partial charge in [-0.25, -0.2) is 0 Å². The third kappa shape index (κ3) is 7.26. The van der Waals surface area contributed by atoms with Crippen molar-refractivity contribution in [1.29, 1.82) is 0 Å². The molecule has 0 aliphatic heterocycles. The molecule has 0 amide bonds. The van der Waals surface area contributed by atoms with E-state index in [0.29, 0.717) is 6.04 Å². The van der Waals surface area contributed by atoms with Gasteiger partial charge < -0.3 is 19.7 Å². The van der Waals surface area contributed by atoms with Crippen molar-refractivity contribution in [2.75, 3.05) is 54.1 Å². The van der Waals surface area contributed by atoms with Gasteiger partial charge in [0.1, 0.15) is 0 Å². The van der Waals surface area contributed by atoms with Crippen molar-refractivity contribution in [3.63, 3.8) is 0 Å². The van der Waals surface area contributed by atoms with Crippen molar-refractivity contribution in [3.05, 3.63) is 0 Å². The average Bonchev–Trinajstić information content (AvgIpc) is 2.17. The molecule has 0 aromatic heterocycles. The second kappa shape index (κ2) is 9.40. The summed E-state index contributed by atoms with van der Waals surface area (Å²) in [6.45, 7) is 6.68. The molecule has 1 N–H and O–H groups in total. The van der Waals surface area contributed by atoms with Crippen LogP contribution in [0.1, 0.15) is 6.92 Å². The molecule has 0 aromatic rings. The standard InChI is InChI=1S/C10H24N2O2/c1-10(9-14-4)12(2)7-5-11-6-8-13-3/h10-11H,5-9H2,1-4H3. The van der Waals surface area contributed by atoms with Crippen LogP contribution in [0.2, 0.25) is 0 Å². The summed E-state index contributed by atoms with van der Waals surface area (Å²) in [5, 5.41) is 3.31. The van der Waals surface area contributed by atoms with E-state index in [1.165, 1.54) is 0 Å². The molecule has 0 aliphatic carbocycles. The number of nitrogens with one attached hydrogen (secondary N) is 1. The molecule has 0 spiro atoms. The zero-order chi connectivity index (χ0) is 10.8. The van der Waals surface area contributed by atoms with Gasteiger partial charge in [-0.3, -0.25) is 0 Å². The van der Waals surface area contributed by atoms with Crippen molar-refractivity contribution >= 4 is 0 Å². The molecular formula is C10H24N2O2. The van der Waals surface area contributed by atoms with Crippen LogP contribution in [-0.4, -0.2) is 65.1 Å². The summed E-state index contributed by atoms with van der Waals surface area (Å²) >= 11 is 0. The lowest BCUT2D eigenvalue weighted by Gasteiger charge is -2.23. The van der Waals surface area contributed by atoms with E-state index in [1.54, 1.807) is 14.2 Å². The van der Waals surface area contributed by atoms with E-state index in [0.717, 1.165) is 32.8 Å². The summed E-state index contributed by atoms with van der Waals surface area (Å²) in [5.74, 6) is 0. The fraction of sp³-hybridized carbons (Fsp3) is 1.00. The molecule has 0 fully saturated rings. The van der Waals surface area contributed by atoms with Gasteiger partial charge in [0.25, 0.3) is 0 Å². The second-order valence-electron chi connectivity index (χ2n) is 3.53. The first-order chi connectivity index (χ1) is 6.72. The Morgan fingerprint density at radius 1 is 1.21 bits per heavy atom. The summed E-state index contributed by atoms with van der Waals surface area (Å²) in [6, 6.07) is 0.476. The summed E-state index contributed by atoms with van der Waals surface area (Å²) in [5.41, 5.74) is 0. The minimum Gasteiger partial charge on any atom is -0.383 e. The van der Waals surface area contributed by atoms with Gasteiger partial charge in [-0.05, 0) is 14.0 Å². The number of ether oxygens (including phenoxy) is 2. The molecule has 14 heavy (non-hydrogen) atoms. The highest BCUT2D eigenvalue weighted by Crippen LogP contribution is 1.93. The summed E-state index contributed by atoms with van der Waals surface area (Å²) in [7, 11) is 5.57. The van der Waals surface area contributed by atoms with Crippen LogP contribution in [0.5, 0.6) is 0 Å². The van der Waals surface area contributed by atoms with Gasteiger partial charge in [0, 0.05) is 39.9 Å². The molecule has 1 atom stereocenters. The molecule has 0 rings (SSSR count). The minimum atomic E-state index is 0.476. The first-order valence-electron chi connectivity index (χ1n) is 5.11. The lowest BCUT2D eigenvalue weighted by molar-refractivity contribution is 0.115. The number of rotatable bonds is 9. The van der Waals surface area contributed by atoms with E-state index >= 15 is 0 Å². The Balaban J connectivity index is 3.29. The fourth-order valence-corrected chi connectivity index (χ4v) is 1.14. The van der Waals surface area contributed by atoms with Crippen LogP contribution in [0.15, 0.2) is 0 Å². The van der Waals surface area contributed by atoms with Crippen LogP contribution in [0, 0.1) is 0 Å². The molecule has 4 heteroatoms. The zero-order valence-electron chi connectivity index (χ0n) is 9.88. The first-order valence-corrected chi connectivity index (χ1v) is 5.11. The van der Waals surface area contributed by atoms with Gasteiger partial charge in [0.05, 0.1) is 13.2 Å². The van der Waals surface area contributed by atoms with Gasteiger partial charge in [0.2, 0.25) is 0 Å². The third-order valence-electron chi connectivity index (χ3n) is 2.28. The molecular weight excluding hydrogens is 180 g/mol. The summed E-state index contributed by atoms with van der Waals surface area (Å²) in [6.07, 6.45) is 0. The monoisotopic (exact) mass is 204 g/mol. The number of methoxy groups -OCH3 is 2.